The Morgan fingerprint density at radius 3 is 2.61 bits per heavy atom. The van der Waals surface area contributed by atoms with Crippen molar-refractivity contribution in [3.05, 3.63) is 29.8 Å². The summed E-state index contributed by atoms with van der Waals surface area (Å²) in [4.78, 5) is 12.1. The molecule has 1 aliphatic carbocycles. The van der Waals surface area contributed by atoms with E-state index in [1.54, 1.807) is 0 Å². The summed E-state index contributed by atoms with van der Waals surface area (Å²) < 4.78 is 0. The monoisotopic (exact) mass is 246 g/mol. The fourth-order valence-corrected chi connectivity index (χ4v) is 2.64. The zero-order valence-corrected chi connectivity index (χ0v) is 11.0. The van der Waals surface area contributed by atoms with Crippen molar-refractivity contribution in [1.29, 1.82) is 0 Å². The first-order valence-corrected chi connectivity index (χ1v) is 6.80. The van der Waals surface area contributed by atoms with E-state index in [2.05, 4.69) is 5.32 Å². The maximum absolute atomic E-state index is 12.1. The number of amides is 1. The standard InChI is InChI=1S/C15H22N2O/c1-11-7-5-6-10-13(11)17-15(18)14(16)12-8-3-2-4-9-12/h5-7,10,12,14H,2-4,8-9,16H2,1H3,(H,17,18)/t14-/m0/s1. The second-order valence-corrected chi connectivity index (χ2v) is 5.23. The quantitative estimate of drug-likeness (QED) is 0.861. The Bertz CT molecular complexity index is 411. The molecule has 18 heavy (non-hydrogen) atoms. The number of para-hydroxylation sites is 1. The van der Waals surface area contributed by atoms with Gasteiger partial charge in [-0.3, -0.25) is 4.79 Å². The maximum Gasteiger partial charge on any atom is 0.241 e. The largest absolute Gasteiger partial charge is 0.324 e. The summed E-state index contributed by atoms with van der Waals surface area (Å²) in [5.41, 5.74) is 8.02. The summed E-state index contributed by atoms with van der Waals surface area (Å²) in [6.45, 7) is 1.99. The van der Waals surface area contributed by atoms with Crippen LogP contribution >= 0.6 is 0 Å². The summed E-state index contributed by atoms with van der Waals surface area (Å²) >= 11 is 0. The number of aryl methyl sites for hydroxylation is 1. The molecule has 0 aliphatic heterocycles. The number of nitrogens with two attached hydrogens (primary N) is 1. The van der Waals surface area contributed by atoms with Crippen molar-refractivity contribution in [3.63, 3.8) is 0 Å². The molecule has 1 aromatic rings. The second-order valence-electron chi connectivity index (χ2n) is 5.23. The van der Waals surface area contributed by atoms with E-state index < -0.39 is 0 Å². The van der Waals surface area contributed by atoms with E-state index in [4.69, 9.17) is 5.73 Å². The number of hydrogen-bond acceptors (Lipinski definition) is 2. The molecule has 98 valence electrons. The maximum atomic E-state index is 12.1. The minimum atomic E-state index is -0.370. The van der Waals surface area contributed by atoms with E-state index in [0.29, 0.717) is 5.92 Å². The zero-order valence-electron chi connectivity index (χ0n) is 11.0. The fraction of sp³-hybridized carbons (Fsp3) is 0.533. The lowest BCUT2D eigenvalue weighted by Crippen LogP contribution is -2.42. The van der Waals surface area contributed by atoms with Crippen LogP contribution in [0.25, 0.3) is 0 Å². The molecule has 3 nitrogen and oxygen atoms in total. The molecule has 1 saturated carbocycles. The second kappa shape index (κ2) is 6.01. The van der Waals surface area contributed by atoms with Crippen molar-refractivity contribution in [1.82, 2.24) is 0 Å². The van der Waals surface area contributed by atoms with Crippen molar-refractivity contribution < 1.29 is 4.79 Å². The Balaban J connectivity index is 1.97. The van der Waals surface area contributed by atoms with Gasteiger partial charge >= 0.3 is 0 Å². The molecule has 1 atom stereocenters. The van der Waals surface area contributed by atoms with Gasteiger partial charge in [0, 0.05) is 5.69 Å². The van der Waals surface area contributed by atoms with E-state index in [-0.39, 0.29) is 11.9 Å². The summed E-state index contributed by atoms with van der Waals surface area (Å²) in [5.74, 6) is 0.305. The van der Waals surface area contributed by atoms with Gasteiger partial charge in [-0.2, -0.15) is 0 Å². The van der Waals surface area contributed by atoms with Crippen molar-refractivity contribution >= 4 is 11.6 Å². The number of carbonyl (C=O) groups excluding carboxylic acids is 1. The van der Waals surface area contributed by atoms with Crippen molar-refractivity contribution in [2.24, 2.45) is 11.7 Å². The average molecular weight is 246 g/mol. The molecule has 0 radical (unpaired) electrons. The minimum Gasteiger partial charge on any atom is -0.324 e. The lowest BCUT2D eigenvalue weighted by Gasteiger charge is -2.26. The Labute approximate surface area is 109 Å². The first kappa shape index (κ1) is 13.1. The molecule has 0 heterocycles. The number of hydrogen-bond donors (Lipinski definition) is 2. The van der Waals surface area contributed by atoms with Crippen LogP contribution in [-0.2, 0) is 4.79 Å². The lowest BCUT2D eigenvalue weighted by atomic mass is 9.84. The summed E-state index contributed by atoms with van der Waals surface area (Å²) in [6.07, 6.45) is 5.86. The van der Waals surface area contributed by atoms with E-state index >= 15 is 0 Å². The van der Waals surface area contributed by atoms with Crippen LogP contribution in [0.15, 0.2) is 24.3 Å². The molecule has 2 rings (SSSR count). The lowest BCUT2D eigenvalue weighted by molar-refractivity contribution is -0.118. The molecule has 3 N–H and O–H groups in total. The molecule has 0 spiro atoms. The van der Waals surface area contributed by atoms with Crippen LogP contribution in [0.1, 0.15) is 37.7 Å². The first-order valence-electron chi connectivity index (χ1n) is 6.80. The SMILES string of the molecule is Cc1ccccc1NC(=O)[C@@H](N)C1CCCCC1. The molecule has 0 saturated heterocycles. The van der Waals surface area contributed by atoms with Gasteiger partial charge in [-0.15, -0.1) is 0 Å². The molecule has 1 aliphatic rings. The third kappa shape index (κ3) is 3.10. The highest BCUT2D eigenvalue weighted by Crippen LogP contribution is 2.26. The predicted octanol–water partition coefficient (Wildman–Crippen LogP) is 2.84. The number of rotatable bonds is 3. The van der Waals surface area contributed by atoms with Gasteiger partial charge in [0.15, 0.2) is 0 Å². The first-order chi connectivity index (χ1) is 8.68. The minimum absolute atomic E-state index is 0.0452. The highest BCUT2D eigenvalue weighted by molar-refractivity contribution is 5.95. The third-order valence-corrected chi connectivity index (χ3v) is 3.86. The van der Waals surface area contributed by atoms with Gasteiger partial charge in [-0.25, -0.2) is 0 Å². The van der Waals surface area contributed by atoms with Crippen LogP contribution in [0.4, 0.5) is 5.69 Å². The molecule has 1 amide bonds. The van der Waals surface area contributed by atoms with Gasteiger partial charge in [0.1, 0.15) is 0 Å². The Morgan fingerprint density at radius 2 is 1.94 bits per heavy atom. The summed E-state index contributed by atoms with van der Waals surface area (Å²) in [6, 6.07) is 7.42. The smallest absolute Gasteiger partial charge is 0.241 e. The third-order valence-electron chi connectivity index (χ3n) is 3.86. The molecule has 0 bridgehead atoms. The van der Waals surface area contributed by atoms with Gasteiger partial charge in [0.2, 0.25) is 5.91 Å². The fourth-order valence-electron chi connectivity index (χ4n) is 2.64. The topological polar surface area (TPSA) is 55.1 Å². The molecular weight excluding hydrogens is 224 g/mol. The normalized spacial score (nSPS) is 18.3. The Hall–Kier alpha value is -1.35. The van der Waals surface area contributed by atoms with Gasteiger partial charge < -0.3 is 11.1 Å². The van der Waals surface area contributed by atoms with Crippen LogP contribution in [-0.4, -0.2) is 11.9 Å². The molecular formula is C15H22N2O. The Kier molecular flexibility index (Phi) is 4.37. The Morgan fingerprint density at radius 1 is 1.28 bits per heavy atom. The van der Waals surface area contributed by atoms with Crippen LogP contribution in [0.2, 0.25) is 0 Å². The van der Waals surface area contributed by atoms with Gasteiger partial charge in [-0.05, 0) is 37.3 Å². The molecule has 3 heteroatoms. The number of benzene rings is 1. The van der Waals surface area contributed by atoms with Gasteiger partial charge in [0.25, 0.3) is 0 Å². The van der Waals surface area contributed by atoms with E-state index in [0.717, 1.165) is 24.1 Å². The number of carbonyl (C=O) groups is 1. The van der Waals surface area contributed by atoms with Crippen LogP contribution in [0, 0.1) is 12.8 Å². The van der Waals surface area contributed by atoms with Crippen LogP contribution < -0.4 is 11.1 Å². The van der Waals surface area contributed by atoms with E-state index in [1.807, 2.05) is 31.2 Å². The molecule has 0 unspecified atom stereocenters. The summed E-state index contributed by atoms with van der Waals surface area (Å²) in [5, 5.41) is 2.94. The highest BCUT2D eigenvalue weighted by Gasteiger charge is 2.26. The van der Waals surface area contributed by atoms with Gasteiger partial charge in [-0.1, -0.05) is 37.5 Å². The predicted molar refractivity (Wildman–Crippen MR) is 74.4 cm³/mol. The number of nitrogens with one attached hydrogen (secondary N) is 1. The molecule has 1 aromatic carbocycles. The van der Waals surface area contributed by atoms with E-state index in [9.17, 15) is 4.79 Å². The van der Waals surface area contributed by atoms with Crippen molar-refractivity contribution in [2.45, 2.75) is 45.1 Å². The van der Waals surface area contributed by atoms with Crippen LogP contribution in [0.3, 0.4) is 0 Å². The average Bonchev–Trinajstić information content (AvgIpc) is 2.41. The van der Waals surface area contributed by atoms with Crippen molar-refractivity contribution in [2.75, 3.05) is 5.32 Å². The molecule has 1 fully saturated rings. The van der Waals surface area contributed by atoms with Crippen LogP contribution in [0.5, 0.6) is 0 Å². The van der Waals surface area contributed by atoms with E-state index in [1.165, 1.54) is 19.3 Å². The van der Waals surface area contributed by atoms with Crippen molar-refractivity contribution in [3.8, 4) is 0 Å². The summed E-state index contributed by atoms with van der Waals surface area (Å²) in [7, 11) is 0. The zero-order chi connectivity index (χ0) is 13.0. The number of anilines is 1. The highest BCUT2D eigenvalue weighted by atomic mass is 16.2. The van der Waals surface area contributed by atoms with Gasteiger partial charge in [0.05, 0.1) is 6.04 Å². The molecule has 0 aromatic heterocycles.